The third kappa shape index (κ3) is 5.35. The lowest BCUT2D eigenvalue weighted by Gasteiger charge is -2.35. The molecule has 3 aromatic carbocycles. The first kappa shape index (κ1) is 24.9. The second-order valence-corrected chi connectivity index (χ2v) is 9.24. The number of methoxy groups -OCH3 is 3. The fraction of sp³-hybridized carbons (Fsp3) is 0.241. The number of rotatable bonds is 7. The first-order valence-corrected chi connectivity index (χ1v) is 11.6. The maximum atomic E-state index is 13.3. The Morgan fingerprint density at radius 2 is 1.67 bits per heavy atom. The second kappa shape index (κ2) is 10.2. The number of hydrogen-bond acceptors (Lipinski definition) is 6. The van der Waals surface area contributed by atoms with Crippen molar-refractivity contribution < 1.29 is 23.8 Å². The average molecular weight is 487 g/mol. The molecule has 2 N–H and O–H groups in total. The fourth-order valence-corrected chi connectivity index (χ4v) is 4.30. The van der Waals surface area contributed by atoms with Gasteiger partial charge in [0.05, 0.1) is 21.3 Å². The van der Waals surface area contributed by atoms with E-state index in [2.05, 4.69) is 24.5 Å². The van der Waals surface area contributed by atoms with Crippen LogP contribution >= 0.6 is 0 Å². The number of allylic oxidation sites excluding steroid dienone is 1. The molecule has 0 atom stereocenters. The summed E-state index contributed by atoms with van der Waals surface area (Å²) in [5, 5.41) is 6.33. The van der Waals surface area contributed by atoms with E-state index >= 15 is 0 Å². The quantitative estimate of drug-likeness (QED) is 0.356. The second-order valence-electron chi connectivity index (χ2n) is 9.24. The standard InChI is InChI=1S/C29H30N2O5/c1-29(2)17-20-9-11-22(34-3)15-23(20)24(31-29)16-25(32)18-7-6-8-21(13-18)30-28(33)19-10-12-26(35-4)27(14-19)36-5/h6-16,31H,17H2,1-5H3,(H,30,33)/b24-16-. The molecule has 36 heavy (non-hydrogen) atoms. The summed E-state index contributed by atoms with van der Waals surface area (Å²) >= 11 is 0. The Hall–Kier alpha value is -4.26. The lowest BCUT2D eigenvalue weighted by molar-refractivity contribution is 0.102. The molecule has 3 aromatic rings. The highest BCUT2D eigenvalue weighted by molar-refractivity contribution is 6.10. The van der Waals surface area contributed by atoms with E-state index in [9.17, 15) is 9.59 Å². The summed E-state index contributed by atoms with van der Waals surface area (Å²) in [6.07, 6.45) is 2.43. The minimum atomic E-state index is -0.323. The number of hydrogen-bond donors (Lipinski definition) is 2. The van der Waals surface area contributed by atoms with E-state index in [1.165, 1.54) is 14.2 Å². The Morgan fingerprint density at radius 1 is 0.889 bits per heavy atom. The lowest BCUT2D eigenvalue weighted by Crippen LogP contribution is -2.43. The third-order valence-electron chi connectivity index (χ3n) is 6.04. The predicted molar refractivity (Wildman–Crippen MR) is 140 cm³/mol. The van der Waals surface area contributed by atoms with E-state index in [4.69, 9.17) is 14.2 Å². The molecular formula is C29H30N2O5. The van der Waals surface area contributed by atoms with Crippen LogP contribution < -0.4 is 24.8 Å². The van der Waals surface area contributed by atoms with Crippen molar-refractivity contribution in [2.24, 2.45) is 0 Å². The SMILES string of the molecule is COc1ccc2c(c1)/C(=C/C(=O)c1cccc(NC(=O)c3ccc(OC)c(OC)c3)c1)NC(C)(C)C2. The molecule has 0 saturated heterocycles. The smallest absolute Gasteiger partial charge is 0.255 e. The van der Waals surface area contributed by atoms with Gasteiger partial charge in [0.1, 0.15) is 5.75 Å². The van der Waals surface area contributed by atoms with E-state index in [0.717, 1.165) is 29.0 Å². The zero-order chi connectivity index (χ0) is 25.9. The Labute approximate surface area is 211 Å². The molecule has 1 heterocycles. The van der Waals surface area contributed by atoms with Crippen molar-refractivity contribution in [2.75, 3.05) is 26.6 Å². The summed E-state index contributed by atoms with van der Waals surface area (Å²) < 4.78 is 15.9. The van der Waals surface area contributed by atoms with Crippen molar-refractivity contribution in [3.05, 3.63) is 89.0 Å². The van der Waals surface area contributed by atoms with Gasteiger partial charge in [0, 0.05) is 39.7 Å². The molecule has 7 nitrogen and oxygen atoms in total. The number of amides is 1. The van der Waals surface area contributed by atoms with Crippen LogP contribution in [0.2, 0.25) is 0 Å². The predicted octanol–water partition coefficient (Wildman–Crippen LogP) is 5.11. The monoisotopic (exact) mass is 486 g/mol. The topological polar surface area (TPSA) is 85.9 Å². The van der Waals surface area contributed by atoms with Crippen LogP contribution in [0.25, 0.3) is 5.70 Å². The van der Waals surface area contributed by atoms with Crippen LogP contribution in [0.3, 0.4) is 0 Å². The van der Waals surface area contributed by atoms with Crippen molar-refractivity contribution in [2.45, 2.75) is 25.8 Å². The molecule has 0 unspecified atom stereocenters. The van der Waals surface area contributed by atoms with Crippen LogP contribution in [0.4, 0.5) is 5.69 Å². The Bertz CT molecular complexity index is 1340. The Kier molecular flexibility index (Phi) is 7.01. The molecule has 0 fully saturated rings. The van der Waals surface area contributed by atoms with Gasteiger partial charge >= 0.3 is 0 Å². The summed E-state index contributed by atoms with van der Waals surface area (Å²) in [6.45, 7) is 4.20. The van der Waals surface area contributed by atoms with Crippen molar-refractivity contribution in [1.82, 2.24) is 5.32 Å². The van der Waals surface area contributed by atoms with E-state index in [-0.39, 0.29) is 17.2 Å². The van der Waals surface area contributed by atoms with Crippen LogP contribution in [0.15, 0.2) is 66.7 Å². The summed E-state index contributed by atoms with van der Waals surface area (Å²) in [5.41, 5.74) is 4.01. The van der Waals surface area contributed by atoms with Crippen LogP contribution in [-0.4, -0.2) is 38.6 Å². The highest BCUT2D eigenvalue weighted by Crippen LogP contribution is 2.33. The molecule has 0 radical (unpaired) electrons. The fourth-order valence-electron chi connectivity index (χ4n) is 4.30. The number of carbonyl (C=O) groups excluding carboxylic acids is 2. The van der Waals surface area contributed by atoms with Gasteiger partial charge in [-0.05, 0) is 68.3 Å². The zero-order valence-electron chi connectivity index (χ0n) is 21.1. The summed E-state index contributed by atoms with van der Waals surface area (Å²) in [5.74, 6) is 1.23. The van der Waals surface area contributed by atoms with Gasteiger partial charge in [0.15, 0.2) is 17.3 Å². The maximum absolute atomic E-state index is 13.3. The molecule has 0 saturated carbocycles. The third-order valence-corrected chi connectivity index (χ3v) is 6.04. The van der Waals surface area contributed by atoms with Gasteiger partial charge < -0.3 is 24.8 Å². The van der Waals surface area contributed by atoms with E-state index < -0.39 is 0 Å². The van der Waals surface area contributed by atoms with Gasteiger partial charge in [-0.15, -0.1) is 0 Å². The summed E-state index contributed by atoms with van der Waals surface area (Å²) in [6, 6.07) is 17.7. The molecule has 0 aromatic heterocycles. The normalized spacial score (nSPS) is 14.9. The van der Waals surface area contributed by atoms with Gasteiger partial charge in [-0.2, -0.15) is 0 Å². The van der Waals surface area contributed by atoms with Gasteiger partial charge in [-0.1, -0.05) is 18.2 Å². The zero-order valence-corrected chi connectivity index (χ0v) is 21.1. The molecule has 0 spiro atoms. The first-order chi connectivity index (χ1) is 17.2. The molecular weight excluding hydrogens is 456 g/mol. The van der Waals surface area contributed by atoms with Crippen molar-refractivity contribution >= 4 is 23.1 Å². The minimum absolute atomic E-state index is 0.175. The molecule has 1 amide bonds. The van der Waals surface area contributed by atoms with Crippen LogP contribution in [-0.2, 0) is 6.42 Å². The summed E-state index contributed by atoms with van der Waals surface area (Å²) in [7, 11) is 4.67. The van der Waals surface area contributed by atoms with Gasteiger partial charge in [0.2, 0.25) is 0 Å². The minimum Gasteiger partial charge on any atom is -0.497 e. The molecule has 7 heteroatoms. The highest BCUT2D eigenvalue weighted by Gasteiger charge is 2.28. The largest absolute Gasteiger partial charge is 0.497 e. The Balaban J connectivity index is 1.58. The number of nitrogens with one attached hydrogen (secondary N) is 2. The summed E-state index contributed by atoms with van der Waals surface area (Å²) in [4.78, 5) is 26.1. The number of fused-ring (bicyclic) bond motifs is 1. The average Bonchev–Trinajstić information content (AvgIpc) is 2.87. The highest BCUT2D eigenvalue weighted by atomic mass is 16.5. The van der Waals surface area contributed by atoms with Crippen molar-refractivity contribution in [3.8, 4) is 17.2 Å². The van der Waals surface area contributed by atoms with Crippen LogP contribution in [0, 0.1) is 0 Å². The lowest BCUT2D eigenvalue weighted by atomic mass is 9.85. The van der Waals surface area contributed by atoms with Gasteiger partial charge in [-0.3, -0.25) is 9.59 Å². The number of benzene rings is 3. The first-order valence-electron chi connectivity index (χ1n) is 11.6. The van der Waals surface area contributed by atoms with Gasteiger partial charge in [-0.25, -0.2) is 0 Å². The molecule has 0 aliphatic carbocycles. The van der Waals surface area contributed by atoms with Crippen molar-refractivity contribution in [1.29, 1.82) is 0 Å². The van der Waals surface area contributed by atoms with E-state index in [1.807, 2.05) is 18.2 Å². The van der Waals surface area contributed by atoms with E-state index in [0.29, 0.717) is 28.3 Å². The number of ether oxygens (including phenoxy) is 3. The molecule has 4 rings (SSSR count). The number of ketones is 1. The van der Waals surface area contributed by atoms with Gasteiger partial charge in [0.25, 0.3) is 5.91 Å². The van der Waals surface area contributed by atoms with Crippen molar-refractivity contribution in [3.63, 3.8) is 0 Å². The van der Waals surface area contributed by atoms with Crippen LogP contribution in [0.5, 0.6) is 17.2 Å². The maximum Gasteiger partial charge on any atom is 0.255 e. The number of anilines is 1. The molecule has 1 aliphatic rings. The molecule has 1 aliphatic heterocycles. The Morgan fingerprint density at radius 3 is 2.39 bits per heavy atom. The molecule has 186 valence electrons. The molecule has 0 bridgehead atoms. The number of carbonyl (C=O) groups is 2. The van der Waals surface area contributed by atoms with Crippen LogP contribution in [0.1, 0.15) is 45.7 Å². The van der Waals surface area contributed by atoms with E-state index in [1.54, 1.807) is 55.7 Å².